The monoisotopic (exact) mass is 567 g/mol. The van der Waals surface area contributed by atoms with Gasteiger partial charge >= 0.3 is 5.97 Å². The first-order valence-corrected chi connectivity index (χ1v) is 14.6. The van der Waals surface area contributed by atoms with Gasteiger partial charge in [0, 0.05) is 24.8 Å². The van der Waals surface area contributed by atoms with Crippen molar-refractivity contribution in [2.24, 2.45) is 11.8 Å². The van der Waals surface area contributed by atoms with Crippen LogP contribution in [0.2, 0.25) is 0 Å². The number of hydrogen-bond acceptors (Lipinski definition) is 9. The molecular weight excluding hydrogens is 522 g/mol. The lowest BCUT2D eigenvalue weighted by molar-refractivity contribution is -0.262. The number of Topliss-reactive ketones (excluding diaryl/α,β-unsaturated/α-hetero) is 1. The smallest absolute Gasteiger partial charge is 0.329 e. The maximum atomic E-state index is 13.4. The van der Waals surface area contributed by atoms with Gasteiger partial charge in [0.1, 0.15) is 18.2 Å². The van der Waals surface area contributed by atoms with E-state index in [0.717, 1.165) is 5.57 Å². The van der Waals surface area contributed by atoms with E-state index in [4.69, 9.17) is 14.2 Å². The lowest BCUT2D eigenvalue weighted by Crippen LogP contribution is -2.61. The van der Waals surface area contributed by atoms with Crippen LogP contribution in [0.15, 0.2) is 23.8 Å². The van der Waals surface area contributed by atoms with Crippen LogP contribution < -0.4 is 0 Å². The Kier molecular flexibility index (Phi) is 11.2. The Balaban J connectivity index is 1.73. The van der Waals surface area contributed by atoms with E-state index in [-0.39, 0.29) is 23.8 Å². The van der Waals surface area contributed by atoms with Gasteiger partial charge in [-0.3, -0.25) is 9.59 Å². The lowest BCUT2D eigenvalue weighted by atomic mass is 9.86. The number of aliphatic hydroxyl groups excluding tert-OH is 1. The summed E-state index contributed by atoms with van der Waals surface area (Å²) < 4.78 is 16.9. The number of piperidine rings is 1. The summed E-state index contributed by atoms with van der Waals surface area (Å²) in [7, 11) is 1.55. The summed E-state index contributed by atoms with van der Waals surface area (Å²) in [5, 5.41) is 21.0. The fourth-order valence-corrected chi connectivity index (χ4v) is 5.62. The zero-order valence-electron chi connectivity index (χ0n) is 23.7. The molecule has 0 aromatic heterocycles. The van der Waals surface area contributed by atoms with Crippen molar-refractivity contribution in [3.05, 3.63) is 23.8 Å². The van der Waals surface area contributed by atoms with Crippen molar-refractivity contribution in [1.82, 2.24) is 4.90 Å². The zero-order chi connectivity index (χ0) is 28.9. The van der Waals surface area contributed by atoms with Gasteiger partial charge in [-0.05, 0) is 62.5 Å². The summed E-state index contributed by atoms with van der Waals surface area (Å²) in [5.41, 5.74) is 0.984. The van der Waals surface area contributed by atoms with Crippen LogP contribution in [0.25, 0.3) is 0 Å². The maximum absolute atomic E-state index is 13.4. The standard InChI is InChI=1S/C29H45NO8S/c1-17(2)23(14-11-20-10-12-22(31)25(16-20)36-5)37-28(34)21-8-6-7-15-30(21)27(33)26(32)29(35)18(3)9-13-24(38-29)19(4)39/h11,14,16-19,21-25,31,35,39H,6-10,12-13,15H2,1-5H3/b14-11+. The van der Waals surface area contributed by atoms with Gasteiger partial charge in [-0.1, -0.05) is 39.8 Å². The number of allylic oxidation sites excluding steroid dienone is 2. The zero-order valence-corrected chi connectivity index (χ0v) is 24.6. The predicted octanol–water partition coefficient (Wildman–Crippen LogP) is 2.98. The molecule has 8 atom stereocenters. The van der Waals surface area contributed by atoms with Crippen molar-refractivity contribution in [3.63, 3.8) is 0 Å². The number of nitrogens with zero attached hydrogens (tertiary/aromatic N) is 1. The second kappa shape index (κ2) is 13.8. The topological polar surface area (TPSA) is 123 Å². The molecular formula is C29H45NO8S. The molecule has 2 N–H and O–H groups in total. The predicted molar refractivity (Wildman–Crippen MR) is 149 cm³/mol. The van der Waals surface area contributed by atoms with Crippen LogP contribution in [0.5, 0.6) is 0 Å². The number of ketones is 1. The molecule has 220 valence electrons. The summed E-state index contributed by atoms with van der Waals surface area (Å²) in [6.45, 7) is 7.59. The first kappa shape index (κ1) is 31.8. The normalized spacial score (nSPS) is 33.5. The molecule has 39 heavy (non-hydrogen) atoms. The number of rotatable bonds is 9. The quantitative estimate of drug-likeness (QED) is 0.221. The Morgan fingerprint density at radius 3 is 2.54 bits per heavy atom. The van der Waals surface area contributed by atoms with E-state index in [0.29, 0.717) is 44.9 Å². The number of thiol groups is 1. The van der Waals surface area contributed by atoms with Crippen LogP contribution in [0.3, 0.4) is 0 Å². The average Bonchev–Trinajstić information content (AvgIpc) is 2.91. The van der Waals surface area contributed by atoms with Crippen molar-refractivity contribution >= 4 is 30.3 Å². The number of hydrogen-bond donors (Lipinski definition) is 3. The Hall–Kier alpha value is -1.72. The van der Waals surface area contributed by atoms with Gasteiger partial charge in [0.25, 0.3) is 11.7 Å². The molecule has 8 unspecified atom stereocenters. The van der Waals surface area contributed by atoms with E-state index in [9.17, 15) is 24.6 Å². The molecule has 2 fully saturated rings. The highest BCUT2D eigenvalue weighted by atomic mass is 32.1. The van der Waals surface area contributed by atoms with Crippen LogP contribution in [0.1, 0.15) is 72.6 Å². The van der Waals surface area contributed by atoms with Crippen LogP contribution in [-0.4, -0.2) is 87.9 Å². The molecule has 1 amide bonds. The van der Waals surface area contributed by atoms with E-state index < -0.39 is 53.7 Å². The van der Waals surface area contributed by atoms with Gasteiger partial charge in [-0.2, -0.15) is 12.6 Å². The Morgan fingerprint density at radius 1 is 1.18 bits per heavy atom. The molecule has 1 aliphatic carbocycles. The minimum absolute atomic E-state index is 0.0371. The van der Waals surface area contributed by atoms with Gasteiger partial charge in [-0.15, -0.1) is 0 Å². The number of carbonyl (C=O) groups excluding carboxylic acids is 3. The van der Waals surface area contributed by atoms with E-state index in [1.165, 1.54) is 4.90 Å². The lowest BCUT2D eigenvalue weighted by Gasteiger charge is -2.43. The summed E-state index contributed by atoms with van der Waals surface area (Å²) >= 11 is 4.39. The molecule has 0 aromatic rings. The highest BCUT2D eigenvalue weighted by molar-refractivity contribution is 7.81. The molecule has 0 spiro atoms. The van der Waals surface area contributed by atoms with Crippen LogP contribution in [0.4, 0.5) is 0 Å². The van der Waals surface area contributed by atoms with Crippen molar-refractivity contribution in [1.29, 1.82) is 0 Å². The van der Waals surface area contributed by atoms with Crippen LogP contribution in [0, 0.1) is 11.8 Å². The third-order valence-electron chi connectivity index (χ3n) is 8.14. The molecule has 2 saturated heterocycles. The highest BCUT2D eigenvalue weighted by Gasteiger charge is 2.53. The second-order valence-corrected chi connectivity index (χ2v) is 12.3. The van der Waals surface area contributed by atoms with Gasteiger partial charge in [-0.25, -0.2) is 4.79 Å². The van der Waals surface area contributed by atoms with E-state index in [2.05, 4.69) is 12.6 Å². The van der Waals surface area contributed by atoms with Gasteiger partial charge < -0.3 is 29.3 Å². The first-order valence-electron chi connectivity index (χ1n) is 14.1. The SMILES string of the molecule is COC1C=C(/C=C/C(OC(=O)C2CCCCN2C(=O)C(=O)C2(O)OC(C(C)S)CCC2C)C(C)C)CCC1O. The second-order valence-electron chi connectivity index (χ2n) is 11.5. The molecule has 9 nitrogen and oxygen atoms in total. The van der Waals surface area contributed by atoms with E-state index >= 15 is 0 Å². The van der Waals surface area contributed by atoms with Crippen molar-refractivity contribution < 1.29 is 38.8 Å². The number of carbonyl (C=O) groups is 3. The fourth-order valence-electron chi connectivity index (χ4n) is 5.41. The molecule has 2 heterocycles. The van der Waals surface area contributed by atoms with Crippen LogP contribution in [-0.2, 0) is 28.6 Å². The number of aliphatic hydroxyl groups is 2. The van der Waals surface area contributed by atoms with E-state index in [1.807, 2.05) is 39.0 Å². The van der Waals surface area contributed by atoms with Crippen LogP contribution >= 0.6 is 12.6 Å². The molecule has 3 rings (SSSR count). The molecule has 0 saturated carbocycles. The third kappa shape index (κ3) is 7.52. The number of amides is 1. The molecule has 0 aromatic carbocycles. The number of methoxy groups -OCH3 is 1. The molecule has 2 aliphatic heterocycles. The van der Waals surface area contributed by atoms with Gasteiger partial charge in [0.05, 0.1) is 12.2 Å². The van der Waals surface area contributed by atoms with E-state index in [1.54, 1.807) is 14.0 Å². The highest BCUT2D eigenvalue weighted by Crippen LogP contribution is 2.36. The summed E-state index contributed by atoms with van der Waals surface area (Å²) in [5.74, 6) is -5.42. The Bertz CT molecular complexity index is 950. The fraction of sp³-hybridized carbons (Fsp3) is 0.759. The molecule has 0 bridgehead atoms. The summed E-state index contributed by atoms with van der Waals surface area (Å²) in [6.07, 6.45) is 7.76. The summed E-state index contributed by atoms with van der Waals surface area (Å²) in [4.78, 5) is 41.4. The molecule has 0 radical (unpaired) electrons. The van der Waals surface area contributed by atoms with Gasteiger partial charge in [0.15, 0.2) is 0 Å². The largest absolute Gasteiger partial charge is 0.456 e. The Morgan fingerprint density at radius 2 is 1.90 bits per heavy atom. The first-order chi connectivity index (χ1) is 18.4. The summed E-state index contributed by atoms with van der Waals surface area (Å²) in [6, 6.07) is -0.922. The Labute approximate surface area is 237 Å². The third-order valence-corrected chi connectivity index (χ3v) is 8.48. The average molecular weight is 568 g/mol. The number of likely N-dealkylation sites (tertiary alicyclic amines) is 1. The minimum Gasteiger partial charge on any atom is -0.456 e. The number of esters is 1. The maximum Gasteiger partial charge on any atom is 0.329 e. The van der Waals surface area contributed by atoms with Gasteiger partial charge in [0.2, 0.25) is 5.79 Å². The van der Waals surface area contributed by atoms with Crippen molar-refractivity contribution in [2.75, 3.05) is 13.7 Å². The minimum atomic E-state index is -2.26. The van der Waals surface area contributed by atoms with Crippen molar-refractivity contribution in [2.45, 2.75) is 114 Å². The molecule has 3 aliphatic rings. The molecule has 10 heteroatoms. The number of ether oxygens (including phenoxy) is 3. The van der Waals surface area contributed by atoms with Crippen molar-refractivity contribution in [3.8, 4) is 0 Å².